The van der Waals surface area contributed by atoms with Gasteiger partial charge in [0, 0.05) is 37.9 Å². The summed E-state index contributed by atoms with van der Waals surface area (Å²) >= 11 is 0. The van der Waals surface area contributed by atoms with Crippen molar-refractivity contribution in [2.75, 3.05) is 26.4 Å². The highest BCUT2D eigenvalue weighted by Gasteiger charge is 2.43. The third-order valence-corrected chi connectivity index (χ3v) is 9.80. The molecular formula is C26H35FN2O5S. The second-order valence-electron chi connectivity index (χ2n) is 9.44. The maximum Gasteiger partial charge on any atom is 0.230 e. The Balaban J connectivity index is 1.60. The van der Waals surface area contributed by atoms with Gasteiger partial charge in [-0.2, -0.15) is 4.31 Å². The Morgan fingerprint density at radius 1 is 1.17 bits per heavy atom. The number of hydrogen-bond acceptors (Lipinski definition) is 6. The van der Waals surface area contributed by atoms with Crippen LogP contribution < -0.4 is 5.32 Å². The van der Waals surface area contributed by atoms with Crippen LogP contribution in [0.15, 0.2) is 48.5 Å². The van der Waals surface area contributed by atoms with E-state index >= 15 is 4.39 Å². The first kappa shape index (κ1) is 26.1. The second kappa shape index (κ2) is 10.9. The number of aliphatic hydroxyl groups excluding tert-OH is 1. The first-order valence-electron chi connectivity index (χ1n) is 12.1. The SMILES string of the molecule is C[C@H]1CC[C@H](c2ccccc2)S(O)(O)N1Cc1ccc(C2(C(=O)NCCO)CCOCC2)cc1F. The van der Waals surface area contributed by atoms with Crippen LogP contribution >= 0.6 is 10.8 Å². The number of amides is 1. The molecule has 0 bridgehead atoms. The molecule has 0 unspecified atom stereocenters. The van der Waals surface area contributed by atoms with Gasteiger partial charge in [0.2, 0.25) is 5.91 Å². The van der Waals surface area contributed by atoms with Gasteiger partial charge in [0.15, 0.2) is 0 Å². The summed E-state index contributed by atoms with van der Waals surface area (Å²) < 4.78 is 45.1. The van der Waals surface area contributed by atoms with Gasteiger partial charge in [0.25, 0.3) is 0 Å². The van der Waals surface area contributed by atoms with Crippen molar-refractivity contribution >= 4 is 16.7 Å². The number of nitrogens with zero attached hydrogens (tertiary/aromatic N) is 1. The first-order valence-corrected chi connectivity index (χ1v) is 13.7. The van der Waals surface area contributed by atoms with Gasteiger partial charge in [-0.15, -0.1) is 10.8 Å². The maximum atomic E-state index is 15.5. The van der Waals surface area contributed by atoms with Gasteiger partial charge in [-0.3, -0.25) is 13.9 Å². The van der Waals surface area contributed by atoms with Crippen molar-refractivity contribution in [2.24, 2.45) is 0 Å². The van der Waals surface area contributed by atoms with Crippen molar-refractivity contribution < 1.29 is 28.1 Å². The molecule has 0 radical (unpaired) electrons. The van der Waals surface area contributed by atoms with E-state index in [-0.39, 0.29) is 31.6 Å². The molecule has 4 rings (SSSR count). The molecule has 192 valence electrons. The number of halogens is 1. The molecule has 2 fully saturated rings. The van der Waals surface area contributed by atoms with E-state index in [1.54, 1.807) is 16.4 Å². The van der Waals surface area contributed by atoms with Crippen molar-refractivity contribution in [3.63, 3.8) is 0 Å². The van der Waals surface area contributed by atoms with Crippen molar-refractivity contribution in [1.82, 2.24) is 9.62 Å². The lowest BCUT2D eigenvalue weighted by atomic mass is 9.73. The van der Waals surface area contributed by atoms with Gasteiger partial charge >= 0.3 is 0 Å². The number of carbonyl (C=O) groups is 1. The molecule has 0 saturated carbocycles. The summed E-state index contributed by atoms with van der Waals surface area (Å²) in [5, 5.41) is 11.4. The Kier molecular flexibility index (Phi) is 8.15. The number of carbonyl (C=O) groups excluding carboxylic acids is 1. The Morgan fingerprint density at radius 3 is 2.54 bits per heavy atom. The normalized spacial score (nSPS) is 25.1. The highest BCUT2D eigenvalue weighted by molar-refractivity contribution is 8.22. The lowest BCUT2D eigenvalue weighted by molar-refractivity contribution is -0.130. The minimum atomic E-state index is -3.19. The summed E-state index contributed by atoms with van der Waals surface area (Å²) in [5.74, 6) is -0.723. The summed E-state index contributed by atoms with van der Waals surface area (Å²) in [6.45, 7) is 2.74. The molecule has 2 heterocycles. The van der Waals surface area contributed by atoms with Crippen LogP contribution in [-0.2, 0) is 21.5 Å². The van der Waals surface area contributed by atoms with Gasteiger partial charge in [0.05, 0.1) is 17.3 Å². The van der Waals surface area contributed by atoms with E-state index < -0.39 is 27.3 Å². The second-order valence-corrected chi connectivity index (χ2v) is 11.6. The average Bonchev–Trinajstić information content (AvgIpc) is 2.86. The fraction of sp³-hybridized carbons (Fsp3) is 0.500. The molecule has 7 nitrogen and oxygen atoms in total. The van der Waals surface area contributed by atoms with Gasteiger partial charge in [-0.1, -0.05) is 42.5 Å². The van der Waals surface area contributed by atoms with E-state index in [1.807, 2.05) is 37.3 Å². The maximum absolute atomic E-state index is 15.5. The van der Waals surface area contributed by atoms with Crippen molar-refractivity contribution in [2.45, 2.75) is 55.9 Å². The topological polar surface area (TPSA) is 102 Å². The Labute approximate surface area is 207 Å². The molecule has 0 aliphatic carbocycles. The molecular weight excluding hydrogens is 471 g/mol. The summed E-state index contributed by atoms with van der Waals surface area (Å²) in [5.41, 5.74) is 0.868. The average molecular weight is 507 g/mol. The predicted octanol–water partition coefficient (Wildman–Crippen LogP) is 4.37. The summed E-state index contributed by atoms with van der Waals surface area (Å²) in [7, 11) is -3.19. The summed E-state index contributed by atoms with van der Waals surface area (Å²) in [6.07, 6.45) is 2.26. The summed E-state index contributed by atoms with van der Waals surface area (Å²) in [6, 6.07) is 14.1. The molecule has 2 aromatic carbocycles. The van der Waals surface area contributed by atoms with Crippen molar-refractivity contribution in [3.05, 3.63) is 71.0 Å². The van der Waals surface area contributed by atoms with Crippen LogP contribution in [0.3, 0.4) is 0 Å². The van der Waals surface area contributed by atoms with Crippen LogP contribution in [0.1, 0.15) is 54.5 Å². The van der Waals surface area contributed by atoms with Gasteiger partial charge in [-0.05, 0) is 49.8 Å². The Morgan fingerprint density at radius 2 is 1.89 bits per heavy atom. The first-order chi connectivity index (χ1) is 16.8. The molecule has 0 spiro atoms. The molecule has 9 heteroatoms. The number of benzene rings is 2. The van der Waals surface area contributed by atoms with Gasteiger partial charge in [-0.25, -0.2) is 4.39 Å². The molecule has 2 aromatic rings. The lowest BCUT2D eigenvalue weighted by Gasteiger charge is -2.54. The molecule has 2 aliphatic heterocycles. The number of rotatable bonds is 7. The van der Waals surface area contributed by atoms with E-state index in [1.165, 1.54) is 6.07 Å². The predicted molar refractivity (Wildman–Crippen MR) is 134 cm³/mol. The van der Waals surface area contributed by atoms with Crippen LogP contribution in [0, 0.1) is 5.82 Å². The zero-order valence-corrected chi connectivity index (χ0v) is 20.8. The molecule has 2 atom stereocenters. The van der Waals surface area contributed by atoms with Crippen LogP contribution in [0.4, 0.5) is 4.39 Å². The number of hydrogen-bond donors (Lipinski definition) is 4. The third-order valence-electron chi connectivity index (χ3n) is 7.35. The molecule has 2 aliphatic rings. The quantitative estimate of drug-likeness (QED) is 0.445. The smallest absolute Gasteiger partial charge is 0.230 e. The molecule has 4 N–H and O–H groups in total. The Hall–Kier alpha value is -2.01. The van der Waals surface area contributed by atoms with Crippen LogP contribution in [0.25, 0.3) is 0 Å². The minimum absolute atomic E-state index is 0.0613. The van der Waals surface area contributed by atoms with E-state index in [2.05, 4.69) is 5.32 Å². The van der Waals surface area contributed by atoms with Crippen LogP contribution in [0.5, 0.6) is 0 Å². The van der Waals surface area contributed by atoms with Gasteiger partial charge < -0.3 is 15.2 Å². The van der Waals surface area contributed by atoms with Crippen LogP contribution in [-0.4, -0.2) is 56.8 Å². The lowest BCUT2D eigenvalue weighted by Crippen LogP contribution is -2.48. The fourth-order valence-corrected chi connectivity index (χ4v) is 7.50. The van der Waals surface area contributed by atoms with Crippen molar-refractivity contribution in [3.8, 4) is 0 Å². The van der Waals surface area contributed by atoms with E-state index in [9.17, 15) is 13.9 Å². The molecule has 1 amide bonds. The van der Waals surface area contributed by atoms with E-state index in [4.69, 9.17) is 9.84 Å². The minimum Gasteiger partial charge on any atom is -0.395 e. The zero-order valence-electron chi connectivity index (χ0n) is 20.0. The number of aliphatic hydroxyl groups is 1. The largest absolute Gasteiger partial charge is 0.395 e. The van der Waals surface area contributed by atoms with E-state index in [0.29, 0.717) is 43.6 Å². The molecule has 0 aromatic heterocycles. The number of nitrogens with one attached hydrogen (secondary N) is 1. The zero-order chi connectivity index (χ0) is 25.1. The molecule has 2 saturated heterocycles. The van der Waals surface area contributed by atoms with Gasteiger partial charge in [0.1, 0.15) is 5.82 Å². The van der Waals surface area contributed by atoms with E-state index in [0.717, 1.165) is 12.0 Å². The highest BCUT2D eigenvalue weighted by Crippen LogP contribution is 2.63. The monoisotopic (exact) mass is 506 g/mol. The highest BCUT2D eigenvalue weighted by atomic mass is 32.3. The third kappa shape index (κ3) is 5.26. The molecule has 35 heavy (non-hydrogen) atoms. The Bertz CT molecular complexity index is 1020. The summed E-state index contributed by atoms with van der Waals surface area (Å²) in [4.78, 5) is 13.0. The van der Waals surface area contributed by atoms with Crippen LogP contribution in [0.2, 0.25) is 0 Å². The standard InChI is InChI=1S/C26H35FN2O5S/c1-19-7-10-24(20-5-3-2-4-6-20)35(32,33)29(19)18-21-8-9-22(17-23(21)27)26(11-15-34-16-12-26)25(31)28-13-14-30/h2-6,8-9,17,19,24,30,32-33H,7,10-16,18H2,1H3,(H,28,31)/t19-,24+/m0/s1. The fourth-order valence-electron chi connectivity index (χ4n) is 5.24. The van der Waals surface area contributed by atoms with Crippen molar-refractivity contribution in [1.29, 1.82) is 0 Å². The number of ether oxygens (including phenoxy) is 1.